The minimum Gasteiger partial charge on any atom is -0.508 e. The lowest BCUT2D eigenvalue weighted by Crippen LogP contribution is -2.28. The summed E-state index contributed by atoms with van der Waals surface area (Å²) in [6.45, 7) is 6.28. The number of phenols is 2. The van der Waals surface area contributed by atoms with Crippen molar-refractivity contribution in [2.45, 2.75) is 70.3 Å². The number of hydrogen-bond donors (Lipinski definition) is 4. The first-order valence-electron chi connectivity index (χ1n) is 9.49. The maximum absolute atomic E-state index is 10.6. The lowest BCUT2D eigenvalue weighted by Gasteiger charge is -2.36. The second kappa shape index (κ2) is 9.25. The van der Waals surface area contributed by atoms with Gasteiger partial charge in [-0.05, 0) is 62.1 Å². The fourth-order valence-electron chi connectivity index (χ4n) is 4.07. The number of benzene rings is 1. The number of rotatable bonds is 8. The van der Waals surface area contributed by atoms with Crippen LogP contribution in [0.3, 0.4) is 0 Å². The van der Waals surface area contributed by atoms with E-state index in [9.17, 15) is 20.4 Å². The Kier molecular flexibility index (Phi) is 7.33. The van der Waals surface area contributed by atoms with Gasteiger partial charge in [-0.25, -0.2) is 0 Å². The third-order valence-electron chi connectivity index (χ3n) is 5.42. The zero-order valence-corrected chi connectivity index (χ0v) is 15.2. The molecule has 140 valence electrons. The summed E-state index contributed by atoms with van der Waals surface area (Å²) in [5.74, 6) is 0.0885. The molecular formula is C21H32O4. The van der Waals surface area contributed by atoms with Gasteiger partial charge in [0.15, 0.2) is 0 Å². The Morgan fingerprint density at radius 2 is 1.84 bits per heavy atom. The minimum atomic E-state index is -0.439. The second-order valence-corrected chi connectivity index (χ2v) is 7.32. The van der Waals surface area contributed by atoms with Crippen molar-refractivity contribution in [3.63, 3.8) is 0 Å². The molecule has 4 nitrogen and oxygen atoms in total. The maximum atomic E-state index is 10.6. The molecule has 0 heterocycles. The third-order valence-corrected chi connectivity index (χ3v) is 5.42. The third kappa shape index (κ3) is 4.99. The van der Waals surface area contributed by atoms with Crippen LogP contribution in [0.25, 0.3) is 0 Å². The number of hydrogen-bond acceptors (Lipinski definition) is 4. The van der Waals surface area contributed by atoms with Crippen molar-refractivity contribution in [2.24, 2.45) is 5.92 Å². The summed E-state index contributed by atoms with van der Waals surface area (Å²) >= 11 is 0. The molecule has 4 heteroatoms. The summed E-state index contributed by atoms with van der Waals surface area (Å²) in [5.41, 5.74) is 2.38. The van der Waals surface area contributed by atoms with E-state index in [0.717, 1.165) is 43.2 Å². The van der Waals surface area contributed by atoms with E-state index < -0.39 is 6.10 Å². The van der Waals surface area contributed by atoms with Gasteiger partial charge < -0.3 is 20.4 Å². The normalized spacial score (nSPS) is 23.6. The van der Waals surface area contributed by atoms with E-state index in [0.29, 0.717) is 24.8 Å². The van der Waals surface area contributed by atoms with Gasteiger partial charge in [-0.15, -0.1) is 0 Å². The fourth-order valence-corrected chi connectivity index (χ4v) is 4.07. The first kappa shape index (κ1) is 19.8. The summed E-state index contributed by atoms with van der Waals surface area (Å²) in [6, 6.07) is 3.50. The van der Waals surface area contributed by atoms with E-state index in [4.69, 9.17) is 0 Å². The molecule has 4 N–H and O–H groups in total. The van der Waals surface area contributed by atoms with Crippen molar-refractivity contribution in [2.75, 3.05) is 6.61 Å². The molecule has 1 aromatic rings. The molecule has 1 aliphatic carbocycles. The average Bonchev–Trinajstić information content (AvgIpc) is 2.55. The van der Waals surface area contributed by atoms with Crippen LogP contribution in [0.5, 0.6) is 11.5 Å². The number of aromatic hydroxyl groups is 2. The van der Waals surface area contributed by atoms with E-state index >= 15 is 0 Å². The lowest BCUT2D eigenvalue weighted by atomic mass is 9.70. The summed E-state index contributed by atoms with van der Waals surface area (Å²) < 4.78 is 0. The minimum absolute atomic E-state index is 0.0406. The van der Waals surface area contributed by atoms with Gasteiger partial charge in [-0.1, -0.05) is 31.9 Å². The standard InChI is InChI=1S/C21H32O4/c1-3-4-5-6-15-11-19(24)21(20(25)12-15)18-13-16(23)7-8-17(18)14(2)9-10-22/h11-12,16-18,22-25H,2-10,13H2,1H3/t16-,17+,18-/m1/s1. The molecule has 0 amide bonds. The first-order chi connectivity index (χ1) is 12.0. The van der Waals surface area contributed by atoms with E-state index in [2.05, 4.69) is 13.5 Å². The molecule has 2 rings (SSSR count). The van der Waals surface area contributed by atoms with Gasteiger partial charge in [0, 0.05) is 18.1 Å². The molecule has 0 spiro atoms. The van der Waals surface area contributed by atoms with Crippen LogP contribution in [0.15, 0.2) is 24.3 Å². The highest BCUT2D eigenvalue weighted by Crippen LogP contribution is 2.48. The largest absolute Gasteiger partial charge is 0.508 e. The van der Waals surface area contributed by atoms with Crippen LogP contribution in [0, 0.1) is 5.92 Å². The summed E-state index contributed by atoms with van der Waals surface area (Å²) in [6.07, 6.45) is 6.12. The van der Waals surface area contributed by atoms with Crippen LogP contribution in [-0.4, -0.2) is 33.1 Å². The number of aliphatic hydroxyl groups is 2. The van der Waals surface area contributed by atoms with Crippen molar-refractivity contribution in [1.82, 2.24) is 0 Å². The van der Waals surface area contributed by atoms with Gasteiger partial charge in [-0.3, -0.25) is 0 Å². The predicted octanol–water partition coefficient (Wildman–Crippen LogP) is 4.01. The zero-order valence-electron chi connectivity index (χ0n) is 15.2. The van der Waals surface area contributed by atoms with Gasteiger partial charge in [0.1, 0.15) is 11.5 Å². The Hall–Kier alpha value is -1.52. The van der Waals surface area contributed by atoms with E-state index in [1.165, 1.54) is 0 Å². The van der Waals surface area contributed by atoms with Crippen LogP contribution < -0.4 is 0 Å². The Morgan fingerprint density at radius 1 is 1.16 bits per heavy atom. The molecule has 0 unspecified atom stereocenters. The molecule has 0 saturated heterocycles. The average molecular weight is 348 g/mol. The van der Waals surface area contributed by atoms with Crippen molar-refractivity contribution in [3.8, 4) is 11.5 Å². The molecular weight excluding hydrogens is 316 g/mol. The van der Waals surface area contributed by atoms with Gasteiger partial charge in [0.2, 0.25) is 0 Å². The molecule has 1 saturated carbocycles. The van der Waals surface area contributed by atoms with Gasteiger partial charge in [0.05, 0.1) is 6.10 Å². The summed E-state index contributed by atoms with van der Waals surface area (Å²) in [4.78, 5) is 0. The molecule has 1 fully saturated rings. The molecule has 0 aromatic heterocycles. The quantitative estimate of drug-likeness (QED) is 0.423. The highest BCUT2D eigenvalue weighted by Gasteiger charge is 2.35. The number of aryl methyl sites for hydroxylation is 1. The van der Waals surface area contributed by atoms with Crippen molar-refractivity contribution in [1.29, 1.82) is 0 Å². The van der Waals surface area contributed by atoms with Crippen LogP contribution in [0.2, 0.25) is 0 Å². The number of aliphatic hydroxyl groups excluding tert-OH is 2. The SMILES string of the molecule is C=C(CCO)[C@@H]1CC[C@@H](O)C[C@H]1c1c(O)cc(CCCCC)cc1O. The Bertz CT molecular complexity index is 558. The maximum Gasteiger partial charge on any atom is 0.123 e. The number of unbranched alkanes of at least 4 members (excludes halogenated alkanes) is 2. The Labute approximate surface area is 150 Å². The molecule has 1 aromatic carbocycles. The van der Waals surface area contributed by atoms with Crippen LogP contribution >= 0.6 is 0 Å². The highest BCUT2D eigenvalue weighted by molar-refractivity contribution is 5.50. The Morgan fingerprint density at radius 3 is 2.44 bits per heavy atom. The molecule has 0 aliphatic heterocycles. The number of phenolic OH excluding ortho intramolecular Hbond substituents is 2. The Balaban J connectivity index is 2.28. The smallest absolute Gasteiger partial charge is 0.123 e. The monoisotopic (exact) mass is 348 g/mol. The molecule has 3 atom stereocenters. The topological polar surface area (TPSA) is 80.9 Å². The van der Waals surface area contributed by atoms with Gasteiger partial charge in [0.25, 0.3) is 0 Å². The molecule has 0 radical (unpaired) electrons. The molecule has 0 bridgehead atoms. The molecule has 25 heavy (non-hydrogen) atoms. The zero-order chi connectivity index (χ0) is 18.4. The van der Waals surface area contributed by atoms with Crippen LogP contribution in [0.4, 0.5) is 0 Å². The lowest BCUT2D eigenvalue weighted by molar-refractivity contribution is 0.0993. The van der Waals surface area contributed by atoms with Gasteiger partial charge in [-0.2, -0.15) is 0 Å². The van der Waals surface area contributed by atoms with E-state index in [-0.39, 0.29) is 29.9 Å². The highest BCUT2D eigenvalue weighted by atomic mass is 16.3. The van der Waals surface area contributed by atoms with E-state index in [1.54, 1.807) is 12.1 Å². The summed E-state index contributed by atoms with van der Waals surface area (Å²) in [7, 11) is 0. The first-order valence-corrected chi connectivity index (χ1v) is 9.49. The van der Waals surface area contributed by atoms with Gasteiger partial charge >= 0.3 is 0 Å². The molecule has 1 aliphatic rings. The second-order valence-electron chi connectivity index (χ2n) is 7.32. The van der Waals surface area contributed by atoms with Crippen LogP contribution in [-0.2, 0) is 6.42 Å². The fraction of sp³-hybridized carbons (Fsp3) is 0.619. The predicted molar refractivity (Wildman–Crippen MR) is 99.9 cm³/mol. The van der Waals surface area contributed by atoms with Crippen LogP contribution in [0.1, 0.15) is 68.9 Å². The van der Waals surface area contributed by atoms with Crippen molar-refractivity contribution < 1.29 is 20.4 Å². The van der Waals surface area contributed by atoms with E-state index in [1.807, 2.05) is 0 Å². The summed E-state index contributed by atoms with van der Waals surface area (Å²) in [5, 5.41) is 40.5. The van der Waals surface area contributed by atoms with Crippen molar-refractivity contribution >= 4 is 0 Å². The van der Waals surface area contributed by atoms with Crippen molar-refractivity contribution in [3.05, 3.63) is 35.4 Å².